The van der Waals surface area contributed by atoms with Gasteiger partial charge in [0.15, 0.2) is 0 Å². The summed E-state index contributed by atoms with van der Waals surface area (Å²) in [4.78, 5) is 4.30. The van der Waals surface area contributed by atoms with Crippen LogP contribution >= 0.6 is 0 Å². The Labute approximate surface area is 276 Å². The van der Waals surface area contributed by atoms with Crippen LogP contribution in [0.25, 0.3) is 43.8 Å². The Morgan fingerprint density at radius 2 is 0.833 bits per heavy atom. The summed E-state index contributed by atoms with van der Waals surface area (Å²) in [6.07, 6.45) is 0. The van der Waals surface area contributed by atoms with Crippen molar-refractivity contribution in [2.75, 3.05) is 38.0 Å². The molecule has 0 fully saturated rings. The largest absolute Gasteiger partial charge is 4.00 e. The van der Waals surface area contributed by atoms with E-state index in [4.69, 9.17) is 0 Å². The maximum Gasteiger partial charge on any atom is 4.00 e. The van der Waals surface area contributed by atoms with Gasteiger partial charge in [0.05, 0.1) is 0 Å². The van der Waals surface area contributed by atoms with E-state index >= 15 is 0 Å². The molecule has 0 aliphatic carbocycles. The maximum absolute atomic E-state index is 2.26. The second-order valence-electron chi connectivity index (χ2n) is 10.1. The number of nitrogens with zero attached hydrogens (tertiary/aromatic N) is 2. The third kappa shape index (κ3) is 8.90. The van der Waals surface area contributed by atoms with Gasteiger partial charge in [-0.3, -0.25) is 0 Å². The normalized spacial score (nSPS) is 9.67. The van der Waals surface area contributed by atoms with Crippen molar-refractivity contribution in [3.05, 3.63) is 136 Å². The van der Waals surface area contributed by atoms with Crippen molar-refractivity contribution in [1.82, 2.24) is 0 Å². The van der Waals surface area contributed by atoms with E-state index in [0.29, 0.717) is 0 Å². The minimum atomic E-state index is 0. The SMILES string of the molecule is CN(C)c1cc2c(-c3ccccc3)cccc2[cH-]1.CN(C)c1cc2c(-c3ccccc3)cccc2[cH-]1.C[Si]C.[CH3-].[CH3-].[Zr+4]. The van der Waals surface area contributed by atoms with Crippen LogP contribution in [0.15, 0.2) is 121 Å². The fraction of sp³-hybridized carbons (Fsp3) is 0.158. The van der Waals surface area contributed by atoms with Gasteiger partial charge < -0.3 is 24.7 Å². The van der Waals surface area contributed by atoms with E-state index in [1.165, 1.54) is 55.2 Å². The average Bonchev–Trinajstić information content (AvgIpc) is 3.60. The number of rotatable bonds is 4. The Morgan fingerprint density at radius 1 is 0.500 bits per heavy atom. The van der Waals surface area contributed by atoms with Gasteiger partial charge in [-0.05, 0) is 11.1 Å². The van der Waals surface area contributed by atoms with Gasteiger partial charge in [0.1, 0.15) is 0 Å². The van der Waals surface area contributed by atoms with Crippen LogP contribution in [0.4, 0.5) is 11.4 Å². The first kappa shape index (κ1) is 36.8. The summed E-state index contributed by atoms with van der Waals surface area (Å²) in [6.45, 7) is 4.31. The summed E-state index contributed by atoms with van der Waals surface area (Å²) in [7, 11) is 9.40. The molecule has 0 spiro atoms. The van der Waals surface area contributed by atoms with Crippen molar-refractivity contribution in [3.63, 3.8) is 0 Å². The Bertz CT molecular complexity index is 1480. The number of benzene rings is 4. The molecule has 6 rings (SSSR count). The summed E-state index contributed by atoms with van der Waals surface area (Å²) >= 11 is 0. The smallest absolute Gasteiger partial charge is 0.394 e. The molecule has 0 aliphatic heterocycles. The third-order valence-electron chi connectivity index (χ3n) is 6.67. The summed E-state index contributed by atoms with van der Waals surface area (Å²) < 4.78 is 0. The molecule has 0 heterocycles. The van der Waals surface area contributed by atoms with E-state index in [-0.39, 0.29) is 41.1 Å². The van der Waals surface area contributed by atoms with Crippen LogP contribution in [0.2, 0.25) is 13.1 Å². The molecule has 0 aliphatic rings. The van der Waals surface area contributed by atoms with Crippen molar-refractivity contribution < 1.29 is 26.2 Å². The molecule has 0 saturated heterocycles. The molecule has 0 bridgehead atoms. The zero-order valence-corrected chi connectivity index (χ0v) is 29.9. The van der Waals surface area contributed by atoms with Crippen molar-refractivity contribution in [2.45, 2.75) is 13.1 Å². The minimum absolute atomic E-state index is 0. The van der Waals surface area contributed by atoms with Crippen molar-refractivity contribution in [1.29, 1.82) is 0 Å². The van der Waals surface area contributed by atoms with Gasteiger partial charge in [0, 0.05) is 37.7 Å². The molecule has 0 aromatic heterocycles. The molecule has 0 atom stereocenters. The van der Waals surface area contributed by atoms with Crippen LogP contribution in [0.1, 0.15) is 0 Å². The van der Waals surface area contributed by atoms with Gasteiger partial charge in [-0.1, -0.05) is 108 Å². The molecule has 0 amide bonds. The van der Waals surface area contributed by atoms with Gasteiger partial charge in [0.2, 0.25) is 0 Å². The molecule has 42 heavy (non-hydrogen) atoms. The number of hydrogen-bond donors (Lipinski definition) is 0. The van der Waals surface area contributed by atoms with Crippen molar-refractivity contribution in [3.8, 4) is 22.3 Å². The van der Waals surface area contributed by atoms with Gasteiger partial charge >= 0.3 is 26.2 Å². The van der Waals surface area contributed by atoms with E-state index in [1.807, 2.05) is 0 Å². The standard InChI is InChI=1S/2C17H16N.C2H6Si.2CH3.Zr/c2*1-18(2)15-11-14-9-6-10-16(17(14)12-15)13-7-4-3-5-8-13;1-3-2;;;/h2*3-12H,1-2H3;1-2H3;2*1H3;/q2*-1;;2*-1;+4. The topological polar surface area (TPSA) is 6.48 Å². The summed E-state index contributed by atoms with van der Waals surface area (Å²) in [5, 5.41) is 5.26. The van der Waals surface area contributed by atoms with Crippen LogP contribution in [-0.4, -0.2) is 37.7 Å². The van der Waals surface area contributed by atoms with Crippen LogP contribution in [0.5, 0.6) is 0 Å². The Morgan fingerprint density at radius 3 is 1.14 bits per heavy atom. The van der Waals surface area contributed by atoms with E-state index < -0.39 is 0 Å². The van der Waals surface area contributed by atoms with Gasteiger partial charge in [-0.15, -0.1) is 70.1 Å². The number of anilines is 2. The summed E-state index contributed by atoms with van der Waals surface area (Å²) in [5.74, 6) is 0. The van der Waals surface area contributed by atoms with Crippen LogP contribution in [0.3, 0.4) is 0 Å². The molecule has 4 heteroatoms. The van der Waals surface area contributed by atoms with Crippen molar-refractivity contribution in [2.24, 2.45) is 0 Å². The molecule has 6 aromatic rings. The van der Waals surface area contributed by atoms with Crippen molar-refractivity contribution >= 4 is 42.4 Å². The monoisotopic (exact) mass is 646 g/mol. The molecule has 2 radical (unpaired) electrons. The quantitative estimate of drug-likeness (QED) is 0.139. The maximum atomic E-state index is 2.26. The predicted molar refractivity (Wildman–Crippen MR) is 189 cm³/mol. The van der Waals surface area contributed by atoms with Gasteiger partial charge in [0.25, 0.3) is 0 Å². The molecule has 0 saturated carbocycles. The van der Waals surface area contributed by atoms with Crippen LogP contribution in [0, 0.1) is 14.9 Å². The molecular formula is C38H44N2SiZr. The first-order valence-corrected chi connectivity index (χ1v) is 15.4. The molecule has 0 N–H and O–H groups in total. The summed E-state index contributed by atoms with van der Waals surface area (Å²) in [6, 6.07) is 43.1. The first-order chi connectivity index (χ1) is 18.9. The predicted octanol–water partition coefficient (Wildman–Crippen LogP) is 10.3. The fourth-order valence-corrected chi connectivity index (χ4v) is 4.69. The first-order valence-electron chi connectivity index (χ1n) is 13.4. The molecule has 6 aromatic carbocycles. The molecule has 2 nitrogen and oxygen atoms in total. The minimum Gasteiger partial charge on any atom is -0.394 e. The van der Waals surface area contributed by atoms with Gasteiger partial charge in [-0.25, -0.2) is 0 Å². The van der Waals surface area contributed by atoms with E-state index in [9.17, 15) is 0 Å². The average molecular weight is 648 g/mol. The molecular weight excluding hydrogens is 604 g/mol. The van der Waals surface area contributed by atoms with E-state index in [1.54, 1.807) is 0 Å². The van der Waals surface area contributed by atoms with E-state index in [0.717, 1.165) is 9.52 Å². The third-order valence-corrected chi connectivity index (χ3v) is 6.67. The van der Waals surface area contributed by atoms with Crippen LogP contribution in [-0.2, 0) is 26.2 Å². The van der Waals surface area contributed by atoms with Gasteiger partial charge in [-0.2, -0.15) is 0 Å². The Hall–Kier alpha value is -3.20. The van der Waals surface area contributed by atoms with E-state index in [2.05, 4.69) is 172 Å². The van der Waals surface area contributed by atoms with Crippen LogP contribution < -0.4 is 9.80 Å². The summed E-state index contributed by atoms with van der Waals surface area (Å²) in [5.41, 5.74) is 7.68. The fourth-order valence-electron chi connectivity index (χ4n) is 4.69. The number of hydrogen-bond acceptors (Lipinski definition) is 2. The zero-order valence-electron chi connectivity index (χ0n) is 26.4. The molecule has 0 unspecified atom stereocenters. The Balaban J connectivity index is 0.000000361. The second kappa shape index (κ2) is 17.7. The second-order valence-corrected chi connectivity index (χ2v) is 11.1. The molecule has 214 valence electrons. The Kier molecular flexibility index (Phi) is 15.5. The number of fused-ring (bicyclic) bond motifs is 2. The zero-order chi connectivity index (χ0) is 27.8.